The number of rotatable bonds is 3. The van der Waals surface area contributed by atoms with E-state index in [2.05, 4.69) is 26.3 Å². The summed E-state index contributed by atoms with van der Waals surface area (Å²) in [5, 5.41) is 23.3. The van der Waals surface area contributed by atoms with Gasteiger partial charge in [-0.15, -0.1) is 0 Å². The predicted octanol–water partition coefficient (Wildman–Crippen LogP) is 2.29. The Balaban J connectivity index is 1.43. The molecule has 0 radical (unpaired) electrons. The first-order valence-electron chi connectivity index (χ1n) is 9.06. The average molecular weight is 337 g/mol. The van der Waals surface area contributed by atoms with Gasteiger partial charge in [-0.05, 0) is 50.3 Å². The van der Waals surface area contributed by atoms with Crippen molar-refractivity contribution >= 4 is 16.7 Å². The first-order chi connectivity index (χ1) is 12.2. The second kappa shape index (κ2) is 6.95. The third-order valence-corrected chi connectivity index (χ3v) is 5.51. The second-order valence-electron chi connectivity index (χ2n) is 7.15. The zero-order chi connectivity index (χ0) is 17.2. The summed E-state index contributed by atoms with van der Waals surface area (Å²) in [7, 11) is 0. The van der Waals surface area contributed by atoms with Crippen molar-refractivity contribution in [2.24, 2.45) is 0 Å². The van der Waals surface area contributed by atoms with Gasteiger partial charge in [0.25, 0.3) is 0 Å². The highest BCUT2D eigenvalue weighted by molar-refractivity contribution is 5.89. The van der Waals surface area contributed by atoms with Crippen LogP contribution in [-0.2, 0) is 0 Å². The van der Waals surface area contributed by atoms with Gasteiger partial charge >= 0.3 is 0 Å². The molecular formula is C19H23N5O. The van der Waals surface area contributed by atoms with E-state index in [4.69, 9.17) is 5.26 Å². The fraction of sp³-hybridized carbons (Fsp3) is 0.526. The molecule has 2 aromatic rings. The van der Waals surface area contributed by atoms with Crippen LogP contribution >= 0.6 is 0 Å². The summed E-state index contributed by atoms with van der Waals surface area (Å²) in [5.74, 6) is 0.821. The van der Waals surface area contributed by atoms with Crippen LogP contribution in [0.1, 0.15) is 37.7 Å². The van der Waals surface area contributed by atoms with Gasteiger partial charge in [0.05, 0.1) is 23.3 Å². The van der Waals surface area contributed by atoms with Crippen LogP contribution in [0, 0.1) is 11.3 Å². The number of nitrogens with one attached hydrogen (secondary N) is 1. The van der Waals surface area contributed by atoms with Crippen LogP contribution in [0.4, 0.5) is 5.82 Å². The molecule has 2 fully saturated rings. The Labute approximate surface area is 147 Å². The second-order valence-corrected chi connectivity index (χ2v) is 7.15. The van der Waals surface area contributed by atoms with E-state index in [9.17, 15) is 5.11 Å². The minimum Gasteiger partial charge on any atom is -0.392 e. The molecule has 1 aliphatic heterocycles. The molecule has 130 valence electrons. The number of hydrogen-bond donors (Lipinski definition) is 2. The van der Waals surface area contributed by atoms with Crippen molar-refractivity contribution in [3.8, 4) is 6.07 Å². The highest BCUT2D eigenvalue weighted by atomic mass is 16.3. The van der Waals surface area contributed by atoms with Crippen LogP contribution < -0.4 is 5.32 Å². The van der Waals surface area contributed by atoms with Crippen LogP contribution in [-0.4, -0.2) is 51.3 Å². The Hall–Kier alpha value is -2.23. The highest BCUT2D eigenvalue weighted by Crippen LogP contribution is 2.29. The van der Waals surface area contributed by atoms with Crippen LogP contribution in [0.25, 0.3) is 10.9 Å². The van der Waals surface area contributed by atoms with Gasteiger partial charge in [0, 0.05) is 30.6 Å². The SMILES string of the molecule is N#Cc1ccc2ncnc(N[C@H]3CC[C@H](N4CCC(O)C4)CC3)c2c1. The van der Waals surface area contributed by atoms with Crippen molar-refractivity contribution in [3.63, 3.8) is 0 Å². The summed E-state index contributed by atoms with van der Waals surface area (Å²) >= 11 is 0. The summed E-state index contributed by atoms with van der Waals surface area (Å²) < 4.78 is 0. The van der Waals surface area contributed by atoms with E-state index in [1.54, 1.807) is 12.4 Å². The lowest BCUT2D eigenvalue weighted by Gasteiger charge is -2.35. The summed E-state index contributed by atoms with van der Waals surface area (Å²) in [5.41, 5.74) is 1.48. The lowest BCUT2D eigenvalue weighted by molar-refractivity contribution is 0.140. The monoisotopic (exact) mass is 337 g/mol. The standard InChI is InChI=1S/C19H23N5O/c20-10-13-1-6-18-17(9-13)19(22-12-21-18)23-14-2-4-15(5-3-14)24-8-7-16(25)11-24/h1,6,9,12,14-16,25H,2-5,7-8,11H2,(H,21,22,23)/t14-,15-,16?. The van der Waals surface area contributed by atoms with Gasteiger partial charge in [-0.25, -0.2) is 9.97 Å². The van der Waals surface area contributed by atoms with Crippen molar-refractivity contribution in [1.82, 2.24) is 14.9 Å². The molecule has 1 saturated heterocycles. The summed E-state index contributed by atoms with van der Waals surface area (Å²) in [6, 6.07) is 8.69. The molecule has 4 rings (SSSR count). The summed E-state index contributed by atoms with van der Waals surface area (Å²) in [6.45, 7) is 1.85. The lowest BCUT2D eigenvalue weighted by atomic mass is 9.90. The molecular weight excluding hydrogens is 314 g/mol. The van der Waals surface area contributed by atoms with Crippen LogP contribution in [0.5, 0.6) is 0 Å². The van der Waals surface area contributed by atoms with Gasteiger partial charge in [0.1, 0.15) is 12.1 Å². The molecule has 1 atom stereocenters. The van der Waals surface area contributed by atoms with Gasteiger partial charge in [0.2, 0.25) is 0 Å². The number of benzene rings is 1. The number of fused-ring (bicyclic) bond motifs is 1. The highest BCUT2D eigenvalue weighted by Gasteiger charge is 2.30. The number of aliphatic hydroxyl groups excluding tert-OH is 1. The Morgan fingerprint density at radius 3 is 2.72 bits per heavy atom. The van der Waals surface area contributed by atoms with Gasteiger partial charge in [0.15, 0.2) is 0 Å². The van der Waals surface area contributed by atoms with Crippen molar-refractivity contribution in [1.29, 1.82) is 5.26 Å². The number of anilines is 1. The number of aromatic nitrogens is 2. The summed E-state index contributed by atoms with van der Waals surface area (Å²) in [6.07, 6.45) is 6.84. The Morgan fingerprint density at radius 2 is 2.00 bits per heavy atom. The smallest absolute Gasteiger partial charge is 0.137 e. The van der Waals surface area contributed by atoms with Crippen molar-refractivity contribution < 1.29 is 5.11 Å². The number of nitriles is 1. The van der Waals surface area contributed by atoms with E-state index < -0.39 is 0 Å². The molecule has 2 N–H and O–H groups in total. The lowest BCUT2D eigenvalue weighted by Crippen LogP contribution is -2.39. The Morgan fingerprint density at radius 1 is 1.16 bits per heavy atom. The first kappa shape index (κ1) is 16.2. The molecule has 1 aliphatic carbocycles. The number of β-amino-alcohol motifs (C(OH)–C–C–N with tert-alkyl or cyclic N) is 1. The molecule has 2 heterocycles. The third kappa shape index (κ3) is 3.44. The topological polar surface area (TPSA) is 85.1 Å². The molecule has 1 aromatic heterocycles. The van der Waals surface area contributed by atoms with Crippen LogP contribution in [0.3, 0.4) is 0 Å². The van der Waals surface area contributed by atoms with E-state index in [1.807, 2.05) is 12.1 Å². The zero-order valence-electron chi connectivity index (χ0n) is 14.2. The zero-order valence-corrected chi connectivity index (χ0v) is 14.2. The molecule has 6 heteroatoms. The number of nitrogens with zero attached hydrogens (tertiary/aromatic N) is 4. The molecule has 25 heavy (non-hydrogen) atoms. The van der Waals surface area contributed by atoms with E-state index in [0.29, 0.717) is 17.6 Å². The number of aliphatic hydroxyl groups is 1. The molecule has 0 spiro atoms. The normalized spacial score (nSPS) is 27.3. The molecule has 2 aliphatic rings. The fourth-order valence-electron chi connectivity index (χ4n) is 4.12. The van der Waals surface area contributed by atoms with E-state index >= 15 is 0 Å². The number of likely N-dealkylation sites (tertiary alicyclic amines) is 1. The van der Waals surface area contributed by atoms with Crippen LogP contribution in [0.2, 0.25) is 0 Å². The minimum absolute atomic E-state index is 0.141. The maximum absolute atomic E-state index is 9.73. The summed E-state index contributed by atoms with van der Waals surface area (Å²) in [4.78, 5) is 11.1. The molecule has 6 nitrogen and oxygen atoms in total. The molecule has 1 saturated carbocycles. The quantitative estimate of drug-likeness (QED) is 0.894. The van der Waals surface area contributed by atoms with Crippen LogP contribution in [0.15, 0.2) is 24.5 Å². The van der Waals surface area contributed by atoms with Crippen molar-refractivity contribution in [2.75, 3.05) is 18.4 Å². The van der Waals surface area contributed by atoms with E-state index in [1.165, 1.54) is 0 Å². The van der Waals surface area contributed by atoms with Gasteiger partial charge in [-0.3, -0.25) is 4.90 Å². The minimum atomic E-state index is -0.141. The molecule has 1 aromatic carbocycles. The Bertz CT molecular complexity index is 794. The molecule has 0 bridgehead atoms. The third-order valence-electron chi connectivity index (χ3n) is 5.51. The molecule has 1 unspecified atom stereocenters. The van der Waals surface area contributed by atoms with Crippen molar-refractivity contribution in [3.05, 3.63) is 30.1 Å². The largest absolute Gasteiger partial charge is 0.392 e. The number of hydrogen-bond acceptors (Lipinski definition) is 6. The Kier molecular flexibility index (Phi) is 4.51. The van der Waals surface area contributed by atoms with E-state index in [0.717, 1.165) is 61.9 Å². The van der Waals surface area contributed by atoms with Crippen molar-refractivity contribution in [2.45, 2.75) is 50.3 Å². The van der Waals surface area contributed by atoms with Gasteiger partial charge < -0.3 is 10.4 Å². The first-order valence-corrected chi connectivity index (χ1v) is 9.06. The predicted molar refractivity (Wildman–Crippen MR) is 96.1 cm³/mol. The average Bonchev–Trinajstić information content (AvgIpc) is 3.09. The van der Waals surface area contributed by atoms with Gasteiger partial charge in [-0.1, -0.05) is 0 Å². The fourth-order valence-corrected chi connectivity index (χ4v) is 4.12. The van der Waals surface area contributed by atoms with Gasteiger partial charge in [-0.2, -0.15) is 5.26 Å². The molecule has 0 amide bonds. The van der Waals surface area contributed by atoms with E-state index in [-0.39, 0.29) is 6.10 Å². The maximum atomic E-state index is 9.73. The maximum Gasteiger partial charge on any atom is 0.137 e.